The van der Waals surface area contributed by atoms with Crippen LogP contribution in [0.25, 0.3) is 5.57 Å². The smallest absolute Gasteiger partial charge is 0.119 e. The van der Waals surface area contributed by atoms with Crippen molar-refractivity contribution in [3.05, 3.63) is 35.4 Å². The molecule has 1 N–H and O–H groups in total. The summed E-state index contributed by atoms with van der Waals surface area (Å²) in [5.41, 5.74) is 4.04. The van der Waals surface area contributed by atoms with Gasteiger partial charge in [0, 0.05) is 0 Å². The lowest BCUT2D eigenvalue weighted by Gasteiger charge is -2.06. The van der Waals surface area contributed by atoms with Gasteiger partial charge in [0.2, 0.25) is 0 Å². The molecule has 0 heterocycles. The van der Waals surface area contributed by atoms with Crippen molar-refractivity contribution in [2.24, 2.45) is 0 Å². The Hall–Kier alpha value is -1.24. The van der Waals surface area contributed by atoms with Crippen molar-refractivity contribution in [2.75, 3.05) is 0 Å². The van der Waals surface area contributed by atoms with E-state index in [9.17, 15) is 5.11 Å². The van der Waals surface area contributed by atoms with E-state index < -0.39 is 0 Å². The summed E-state index contributed by atoms with van der Waals surface area (Å²) in [6.45, 7) is 9.66. The topological polar surface area (TPSA) is 20.2 Å². The third-order valence-electron chi connectivity index (χ3n) is 2.13. The Balaban J connectivity index is 3.31. The molecule has 0 bridgehead atoms. The zero-order valence-corrected chi connectivity index (χ0v) is 7.81. The molecule has 0 aliphatic rings. The summed E-state index contributed by atoms with van der Waals surface area (Å²) in [7, 11) is 0. The zero-order valence-electron chi connectivity index (χ0n) is 7.81. The number of allylic oxidation sites excluding steroid dienone is 1. The van der Waals surface area contributed by atoms with Crippen molar-refractivity contribution in [3.63, 3.8) is 0 Å². The van der Waals surface area contributed by atoms with E-state index in [1.807, 2.05) is 26.8 Å². The Labute approximate surface area is 73.4 Å². The molecule has 64 valence electrons. The molecular weight excluding hydrogens is 148 g/mol. The van der Waals surface area contributed by atoms with Crippen LogP contribution >= 0.6 is 0 Å². The monoisotopic (exact) mass is 162 g/mol. The summed E-state index contributed by atoms with van der Waals surface area (Å²) in [5.74, 6) is 0.355. The van der Waals surface area contributed by atoms with E-state index in [1.165, 1.54) is 0 Å². The maximum atomic E-state index is 9.49. The highest BCUT2D eigenvalue weighted by molar-refractivity contribution is 5.64. The summed E-state index contributed by atoms with van der Waals surface area (Å²) in [6.07, 6.45) is 0. The summed E-state index contributed by atoms with van der Waals surface area (Å²) in [5, 5.41) is 9.49. The minimum atomic E-state index is 0.355. The second-order valence-corrected chi connectivity index (χ2v) is 3.22. The summed E-state index contributed by atoms with van der Waals surface area (Å²) in [4.78, 5) is 0. The van der Waals surface area contributed by atoms with Gasteiger partial charge in [-0.1, -0.05) is 18.2 Å². The molecule has 0 aliphatic heterocycles. The van der Waals surface area contributed by atoms with Gasteiger partial charge in [0.1, 0.15) is 5.75 Å². The lowest BCUT2D eigenvalue weighted by molar-refractivity contribution is 0.470. The number of benzene rings is 1. The second kappa shape index (κ2) is 3.02. The van der Waals surface area contributed by atoms with Crippen LogP contribution in [0.15, 0.2) is 18.7 Å². The Kier molecular flexibility index (Phi) is 2.22. The molecule has 0 amide bonds. The van der Waals surface area contributed by atoms with Gasteiger partial charge in [0.25, 0.3) is 0 Å². The quantitative estimate of drug-likeness (QED) is 0.673. The largest absolute Gasteiger partial charge is 0.508 e. The maximum absolute atomic E-state index is 9.49. The third kappa shape index (κ3) is 1.50. The fourth-order valence-electron chi connectivity index (χ4n) is 1.09. The molecule has 1 aromatic rings. The Morgan fingerprint density at radius 2 is 1.92 bits per heavy atom. The highest BCUT2D eigenvalue weighted by Gasteiger charge is 2.02. The third-order valence-corrected chi connectivity index (χ3v) is 2.13. The summed E-state index contributed by atoms with van der Waals surface area (Å²) < 4.78 is 0. The lowest BCUT2D eigenvalue weighted by atomic mass is 10.0. The van der Waals surface area contributed by atoms with Gasteiger partial charge in [-0.25, -0.2) is 0 Å². The predicted molar refractivity (Wildman–Crippen MR) is 52.3 cm³/mol. The fraction of sp³-hybridized carbons (Fsp3) is 0.273. The van der Waals surface area contributed by atoms with E-state index >= 15 is 0 Å². The molecule has 0 spiro atoms. The highest BCUT2D eigenvalue weighted by Crippen LogP contribution is 2.25. The fourth-order valence-corrected chi connectivity index (χ4v) is 1.09. The van der Waals surface area contributed by atoms with Gasteiger partial charge < -0.3 is 5.11 Å². The molecule has 1 nitrogen and oxygen atoms in total. The first-order valence-corrected chi connectivity index (χ1v) is 3.98. The van der Waals surface area contributed by atoms with Crippen LogP contribution in [0.1, 0.15) is 23.6 Å². The molecular formula is C11H14O. The molecule has 0 aromatic heterocycles. The van der Waals surface area contributed by atoms with Crippen LogP contribution in [0.2, 0.25) is 0 Å². The summed E-state index contributed by atoms with van der Waals surface area (Å²) in [6, 6.07) is 3.79. The van der Waals surface area contributed by atoms with E-state index in [4.69, 9.17) is 0 Å². The summed E-state index contributed by atoms with van der Waals surface area (Å²) >= 11 is 0. The maximum Gasteiger partial charge on any atom is 0.119 e. The van der Waals surface area contributed by atoms with Crippen LogP contribution in [-0.2, 0) is 0 Å². The van der Waals surface area contributed by atoms with Crippen LogP contribution in [0, 0.1) is 13.8 Å². The van der Waals surface area contributed by atoms with Gasteiger partial charge in [-0.2, -0.15) is 0 Å². The Bertz CT molecular complexity index is 301. The van der Waals surface area contributed by atoms with Crippen LogP contribution in [-0.4, -0.2) is 5.11 Å². The van der Waals surface area contributed by atoms with Crippen molar-refractivity contribution in [1.29, 1.82) is 0 Å². The van der Waals surface area contributed by atoms with Gasteiger partial charge >= 0.3 is 0 Å². The number of aromatic hydroxyl groups is 1. The van der Waals surface area contributed by atoms with E-state index in [0.717, 1.165) is 22.3 Å². The van der Waals surface area contributed by atoms with Gasteiger partial charge in [-0.3, -0.25) is 0 Å². The van der Waals surface area contributed by atoms with Gasteiger partial charge in [-0.15, -0.1) is 0 Å². The Morgan fingerprint density at radius 3 is 2.33 bits per heavy atom. The first-order chi connectivity index (χ1) is 5.52. The van der Waals surface area contributed by atoms with E-state index in [1.54, 1.807) is 6.07 Å². The molecule has 1 rings (SSSR count). The SMILES string of the molecule is C=C(C)c1cc(C)c(C)c(O)c1. The van der Waals surface area contributed by atoms with E-state index in [2.05, 4.69) is 6.58 Å². The van der Waals surface area contributed by atoms with Crippen LogP contribution in [0.5, 0.6) is 5.75 Å². The van der Waals surface area contributed by atoms with Crippen molar-refractivity contribution < 1.29 is 5.11 Å². The standard InChI is InChI=1S/C11H14O/c1-7(2)10-5-8(3)9(4)11(12)6-10/h5-6,12H,1H2,2-4H3. The molecule has 12 heavy (non-hydrogen) atoms. The molecule has 0 unspecified atom stereocenters. The average Bonchev–Trinajstić information content (AvgIpc) is 1.99. The number of hydrogen-bond acceptors (Lipinski definition) is 1. The Morgan fingerprint density at radius 1 is 1.33 bits per heavy atom. The minimum absolute atomic E-state index is 0.355. The van der Waals surface area contributed by atoms with Crippen LogP contribution in [0.4, 0.5) is 0 Å². The molecule has 0 aliphatic carbocycles. The van der Waals surface area contributed by atoms with Crippen LogP contribution < -0.4 is 0 Å². The lowest BCUT2D eigenvalue weighted by Crippen LogP contribution is -1.85. The molecule has 1 heteroatoms. The number of phenols is 1. The number of rotatable bonds is 1. The first kappa shape index (κ1) is 8.85. The number of hydrogen-bond donors (Lipinski definition) is 1. The van der Waals surface area contributed by atoms with Gasteiger partial charge in [0.05, 0.1) is 0 Å². The van der Waals surface area contributed by atoms with Crippen LogP contribution in [0.3, 0.4) is 0 Å². The minimum Gasteiger partial charge on any atom is -0.508 e. The highest BCUT2D eigenvalue weighted by atomic mass is 16.3. The molecule has 0 radical (unpaired) electrons. The van der Waals surface area contributed by atoms with Gasteiger partial charge in [0.15, 0.2) is 0 Å². The molecule has 0 atom stereocenters. The molecule has 0 fully saturated rings. The van der Waals surface area contributed by atoms with E-state index in [-0.39, 0.29) is 0 Å². The number of phenolic OH excluding ortho intramolecular Hbond substituents is 1. The average molecular weight is 162 g/mol. The van der Waals surface area contributed by atoms with Crippen molar-refractivity contribution in [1.82, 2.24) is 0 Å². The van der Waals surface area contributed by atoms with Crippen molar-refractivity contribution in [2.45, 2.75) is 20.8 Å². The second-order valence-electron chi connectivity index (χ2n) is 3.22. The molecule has 0 saturated heterocycles. The van der Waals surface area contributed by atoms with Crippen molar-refractivity contribution >= 4 is 5.57 Å². The molecule has 1 aromatic carbocycles. The predicted octanol–water partition coefficient (Wildman–Crippen LogP) is 3.04. The molecule has 0 saturated carbocycles. The zero-order chi connectivity index (χ0) is 9.30. The van der Waals surface area contributed by atoms with Crippen molar-refractivity contribution in [3.8, 4) is 5.75 Å². The first-order valence-electron chi connectivity index (χ1n) is 3.98. The number of aryl methyl sites for hydroxylation is 1. The van der Waals surface area contributed by atoms with Gasteiger partial charge in [-0.05, 0) is 43.5 Å². The normalized spacial score (nSPS) is 9.92. The van der Waals surface area contributed by atoms with E-state index in [0.29, 0.717) is 5.75 Å².